The fraction of sp³-hybridized carbons (Fsp3) is 0.524. The molecule has 0 nitrogen and oxygen atoms in total. The summed E-state index contributed by atoms with van der Waals surface area (Å²) in [5, 5.41) is 0. The van der Waals surface area contributed by atoms with Crippen molar-refractivity contribution in [2.24, 2.45) is 5.41 Å². The van der Waals surface area contributed by atoms with Crippen LogP contribution >= 0.6 is 0 Å². The Morgan fingerprint density at radius 3 is 2.48 bits per heavy atom. The van der Waals surface area contributed by atoms with Crippen molar-refractivity contribution in [1.82, 2.24) is 0 Å². The van der Waals surface area contributed by atoms with Gasteiger partial charge in [0, 0.05) is 0 Å². The molecule has 0 aliphatic heterocycles. The predicted octanol–water partition coefficient (Wildman–Crippen LogP) is 6.93. The van der Waals surface area contributed by atoms with E-state index in [2.05, 4.69) is 78.0 Å². The van der Waals surface area contributed by atoms with Gasteiger partial charge in [-0.1, -0.05) is 73.9 Å². The van der Waals surface area contributed by atoms with Crippen LogP contribution in [0.25, 0.3) is 0 Å². The van der Waals surface area contributed by atoms with Gasteiger partial charge in [0.25, 0.3) is 0 Å². The van der Waals surface area contributed by atoms with Gasteiger partial charge in [-0.15, -0.1) is 0 Å². The quantitative estimate of drug-likeness (QED) is 0.480. The highest BCUT2D eigenvalue weighted by atomic mass is 14.3. The molecule has 1 rings (SSSR count). The Morgan fingerprint density at radius 2 is 1.86 bits per heavy atom. The third kappa shape index (κ3) is 5.91. The third-order valence-corrected chi connectivity index (χ3v) is 4.30. The molecule has 0 radical (unpaired) electrons. The molecule has 0 fully saturated rings. The van der Waals surface area contributed by atoms with E-state index >= 15 is 0 Å². The van der Waals surface area contributed by atoms with E-state index in [-0.39, 0.29) is 0 Å². The van der Waals surface area contributed by atoms with Gasteiger partial charge in [0.2, 0.25) is 0 Å². The molecule has 0 heterocycles. The van der Waals surface area contributed by atoms with Crippen LogP contribution in [0.5, 0.6) is 0 Å². The van der Waals surface area contributed by atoms with E-state index in [1.807, 2.05) is 0 Å². The van der Waals surface area contributed by atoms with Crippen molar-refractivity contribution in [2.45, 2.75) is 67.2 Å². The van der Waals surface area contributed by atoms with Gasteiger partial charge in [-0.25, -0.2) is 0 Å². The van der Waals surface area contributed by atoms with Gasteiger partial charge >= 0.3 is 0 Å². The molecule has 21 heavy (non-hydrogen) atoms. The second-order valence-corrected chi connectivity index (χ2v) is 6.89. The fourth-order valence-corrected chi connectivity index (χ4v) is 3.02. The Morgan fingerprint density at radius 1 is 1.14 bits per heavy atom. The SMILES string of the molecule is CCC=C(C)C=CC=C(C)C=CC1=C(C)CCCC1(C)C. The average molecular weight is 284 g/mol. The van der Waals surface area contributed by atoms with Crippen molar-refractivity contribution in [3.8, 4) is 0 Å². The lowest BCUT2D eigenvalue weighted by molar-refractivity contribution is 0.377. The van der Waals surface area contributed by atoms with Crippen LogP contribution in [0.15, 0.2) is 58.7 Å². The molecule has 0 atom stereocenters. The summed E-state index contributed by atoms with van der Waals surface area (Å²) in [5.41, 5.74) is 6.06. The molecule has 0 bridgehead atoms. The van der Waals surface area contributed by atoms with Gasteiger partial charge in [0.15, 0.2) is 0 Å². The van der Waals surface area contributed by atoms with Crippen molar-refractivity contribution < 1.29 is 0 Å². The van der Waals surface area contributed by atoms with Crippen LogP contribution in [0.3, 0.4) is 0 Å². The van der Waals surface area contributed by atoms with E-state index in [1.165, 1.54) is 36.0 Å². The minimum absolute atomic E-state index is 0.329. The van der Waals surface area contributed by atoms with Crippen molar-refractivity contribution in [3.05, 3.63) is 58.7 Å². The van der Waals surface area contributed by atoms with E-state index in [0.717, 1.165) is 6.42 Å². The van der Waals surface area contributed by atoms with Crippen molar-refractivity contribution in [1.29, 1.82) is 0 Å². The zero-order chi connectivity index (χ0) is 15.9. The Kier molecular flexibility index (Phi) is 6.95. The highest BCUT2D eigenvalue weighted by Gasteiger charge is 2.26. The molecule has 0 aromatic heterocycles. The molecule has 0 aromatic rings. The zero-order valence-corrected chi connectivity index (χ0v) is 14.8. The summed E-state index contributed by atoms with van der Waals surface area (Å²) in [6.07, 6.45) is 18.3. The monoisotopic (exact) mass is 284 g/mol. The van der Waals surface area contributed by atoms with Crippen LogP contribution in [-0.4, -0.2) is 0 Å². The van der Waals surface area contributed by atoms with Gasteiger partial charge in [-0.05, 0) is 57.4 Å². The summed E-state index contributed by atoms with van der Waals surface area (Å²) in [4.78, 5) is 0. The molecule has 0 amide bonds. The largest absolute Gasteiger partial charge is 0.0819 e. The molecule has 1 aliphatic rings. The van der Waals surface area contributed by atoms with Crippen LogP contribution in [0.1, 0.15) is 67.2 Å². The molecule has 0 spiro atoms. The maximum atomic E-state index is 2.37. The lowest BCUT2D eigenvalue weighted by atomic mass is 9.72. The van der Waals surface area contributed by atoms with Crippen molar-refractivity contribution >= 4 is 0 Å². The molecular formula is C21H32. The summed E-state index contributed by atoms with van der Waals surface area (Å²) in [6, 6.07) is 0. The van der Waals surface area contributed by atoms with E-state index < -0.39 is 0 Å². The molecule has 0 aromatic carbocycles. The summed E-state index contributed by atoms with van der Waals surface area (Å²) in [7, 11) is 0. The Balaban J connectivity index is 2.78. The average Bonchev–Trinajstić information content (AvgIpc) is 2.37. The standard InChI is InChI=1S/C21H32/c1-7-10-17(2)11-8-12-18(3)14-15-20-19(4)13-9-16-21(20,5)6/h8,10-12,14-15H,7,9,13,16H2,1-6H3. The first-order chi connectivity index (χ1) is 9.86. The maximum Gasteiger partial charge on any atom is -0.0104 e. The van der Waals surface area contributed by atoms with E-state index in [4.69, 9.17) is 0 Å². The highest BCUT2D eigenvalue weighted by molar-refractivity contribution is 5.37. The van der Waals surface area contributed by atoms with Crippen LogP contribution < -0.4 is 0 Å². The topological polar surface area (TPSA) is 0 Å². The first-order valence-corrected chi connectivity index (χ1v) is 8.27. The van der Waals surface area contributed by atoms with Crippen molar-refractivity contribution in [2.75, 3.05) is 0 Å². The van der Waals surface area contributed by atoms with Gasteiger partial charge in [0.05, 0.1) is 0 Å². The summed E-state index contributed by atoms with van der Waals surface area (Å²) in [5.74, 6) is 0. The lowest BCUT2D eigenvalue weighted by Crippen LogP contribution is -2.19. The van der Waals surface area contributed by atoms with E-state index in [1.54, 1.807) is 5.57 Å². The number of hydrogen-bond acceptors (Lipinski definition) is 0. The third-order valence-electron chi connectivity index (χ3n) is 4.30. The smallest absolute Gasteiger partial charge is 0.0104 e. The molecule has 0 unspecified atom stereocenters. The molecular weight excluding hydrogens is 252 g/mol. The first-order valence-electron chi connectivity index (χ1n) is 8.27. The minimum Gasteiger partial charge on any atom is -0.0819 e. The highest BCUT2D eigenvalue weighted by Crippen LogP contribution is 2.40. The van der Waals surface area contributed by atoms with Gasteiger partial charge < -0.3 is 0 Å². The van der Waals surface area contributed by atoms with E-state index in [0.29, 0.717) is 5.41 Å². The predicted molar refractivity (Wildman–Crippen MR) is 96.4 cm³/mol. The summed E-state index contributed by atoms with van der Waals surface area (Å²) in [6.45, 7) is 13.5. The first kappa shape index (κ1) is 17.8. The Hall–Kier alpha value is -1.30. The number of hydrogen-bond donors (Lipinski definition) is 0. The molecule has 116 valence electrons. The number of rotatable bonds is 5. The summed E-state index contributed by atoms with van der Waals surface area (Å²) >= 11 is 0. The van der Waals surface area contributed by atoms with Crippen LogP contribution in [0.2, 0.25) is 0 Å². The molecule has 0 saturated carbocycles. The zero-order valence-electron chi connectivity index (χ0n) is 14.8. The normalized spacial score (nSPS) is 20.9. The maximum absolute atomic E-state index is 2.37. The summed E-state index contributed by atoms with van der Waals surface area (Å²) < 4.78 is 0. The van der Waals surface area contributed by atoms with Gasteiger partial charge in [0.1, 0.15) is 0 Å². The molecule has 0 N–H and O–H groups in total. The van der Waals surface area contributed by atoms with Crippen molar-refractivity contribution in [3.63, 3.8) is 0 Å². The fourth-order valence-electron chi connectivity index (χ4n) is 3.02. The van der Waals surface area contributed by atoms with Crippen LogP contribution in [0, 0.1) is 5.41 Å². The Labute approximate surface area is 132 Å². The minimum atomic E-state index is 0.329. The van der Waals surface area contributed by atoms with E-state index in [9.17, 15) is 0 Å². The molecule has 0 saturated heterocycles. The Bertz CT molecular complexity index is 490. The second-order valence-electron chi connectivity index (χ2n) is 6.89. The molecule has 0 heteroatoms. The van der Waals surface area contributed by atoms with Gasteiger partial charge in [-0.3, -0.25) is 0 Å². The van der Waals surface area contributed by atoms with Crippen LogP contribution in [0.4, 0.5) is 0 Å². The van der Waals surface area contributed by atoms with Gasteiger partial charge in [-0.2, -0.15) is 0 Å². The molecule has 1 aliphatic carbocycles. The number of allylic oxidation sites excluding steroid dienone is 10. The lowest BCUT2D eigenvalue weighted by Gasteiger charge is -2.32. The second kappa shape index (κ2) is 8.22. The van der Waals surface area contributed by atoms with Crippen LogP contribution in [-0.2, 0) is 0 Å².